The Morgan fingerprint density at radius 3 is 1.85 bits per heavy atom. The zero-order valence-corrected chi connectivity index (χ0v) is 18.1. The van der Waals surface area contributed by atoms with Crippen LogP contribution in [0.1, 0.15) is 117 Å². The maximum Gasteiger partial charge on any atom is 0.174 e. The summed E-state index contributed by atoms with van der Waals surface area (Å²) in [7, 11) is 0. The molecule has 2 heteroatoms. The molecular formula is C24H46O2. The van der Waals surface area contributed by atoms with E-state index in [9.17, 15) is 0 Å². The molecule has 2 nitrogen and oxygen atoms in total. The maximum absolute atomic E-state index is 6.60. The van der Waals surface area contributed by atoms with Crippen molar-refractivity contribution in [2.75, 3.05) is 13.2 Å². The Bertz CT molecular complexity index is 336. The molecule has 0 aliphatic heterocycles. The van der Waals surface area contributed by atoms with Crippen LogP contribution in [0.2, 0.25) is 0 Å². The zero-order valence-electron chi connectivity index (χ0n) is 18.1. The van der Waals surface area contributed by atoms with Gasteiger partial charge in [-0.15, -0.1) is 0 Å². The lowest BCUT2D eigenvalue weighted by Crippen LogP contribution is -2.52. The lowest BCUT2D eigenvalue weighted by molar-refractivity contribution is -0.301. The number of hydrogen-bond donors (Lipinski definition) is 0. The third-order valence-electron chi connectivity index (χ3n) is 7.02. The average molecular weight is 367 g/mol. The van der Waals surface area contributed by atoms with Gasteiger partial charge in [0.05, 0.1) is 0 Å². The minimum Gasteiger partial charge on any atom is -0.350 e. The molecular weight excluding hydrogens is 320 g/mol. The van der Waals surface area contributed by atoms with E-state index < -0.39 is 0 Å². The van der Waals surface area contributed by atoms with E-state index >= 15 is 0 Å². The van der Waals surface area contributed by atoms with Crippen molar-refractivity contribution in [3.05, 3.63) is 0 Å². The molecule has 0 bridgehead atoms. The van der Waals surface area contributed by atoms with Crippen molar-refractivity contribution in [3.63, 3.8) is 0 Å². The summed E-state index contributed by atoms with van der Waals surface area (Å²) < 4.78 is 13.2. The highest BCUT2D eigenvalue weighted by Crippen LogP contribution is 2.49. The molecule has 2 saturated carbocycles. The summed E-state index contributed by atoms with van der Waals surface area (Å²) in [5.41, 5.74) is 0. The van der Waals surface area contributed by atoms with Crippen LogP contribution in [-0.2, 0) is 9.47 Å². The first kappa shape index (κ1) is 22.2. The fourth-order valence-electron chi connectivity index (χ4n) is 5.84. The van der Waals surface area contributed by atoms with Crippen LogP contribution >= 0.6 is 0 Å². The fraction of sp³-hybridized carbons (Fsp3) is 1.00. The third-order valence-corrected chi connectivity index (χ3v) is 7.02. The summed E-state index contributed by atoms with van der Waals surface area (Å²) in [6, 6.07) is 0. The lowest BCUT2D eigenvalue weighted by Gasteiger charge is -2.47. The molecule has 0 aromatic carbocycles. The standard InChI is InChI=1S/C24H46O2/c1-4-7-8-9-10-11-20-23(21-16-12-13-17-21)24(25-5-2,26-6-3)22-18-14-15-19-22/h21-23H,4-20H2,1-3H3. The molecule has 0 spiro atoms. The summed E-state index contributed by atoms with van der Waals surface area (Å²) in [6.45, 7) is 8.21. The Morgan fingerprint density at radius 1 is 0.731 bits per heavy atom. The van der Waals surface area contributed by atoms with Gasteiger partial charge >= 0.3 is 0 Å². The van der Waals surface area contributed by atoms with Gasteiger partial charge in [-0.2, -0.15) is 0 Å². The third kappa shape index (κ3) is 5.96. The lowest BCUT2D eigenvalue weighted by atomic mass is 9.74. The van der Waals surface area contributed by atoms with E-state index in [-0.39, 0.29) is 5.79 Å². The van der Waals surface area contributed by atoms with Crippen molar-refractivity contribution in [2.24, 2.45) is 17.8 Å². The molecule has 1 unspecified atom stereocenters. The van der Waals surface area contributed by atoms with Gasteiger partial charge in [0, 0.05) is 25.0 Å². The number of rotatable bonds is 14. The van der Waals surface area contributed by atoms with Crippen molar-refractivity contribution in [2.45, 2.75) is 123 Å². The molecule has 1 atom stereocenters. The molecule has 154 valence electrons. The van der Waals surface area contributed by atoms with Crippen LogP contribution in [0.3, 0.4) is 0 Å². The monoisotopic (exact) mass is 366 g/mol. The van der Waals surface area contributed by atoms with E-state index in [4.69, 9.17) is 9.47 Å². The molecule has 0 aromatic heterocycles. The molecule has 0 amide bonds. The van der Waals surface area contributed by atoms with E-state index in [1.807, 2.05) is 0 Å². The van der Waals surface area contributed by atoms with Crippen LogP contribution in [-0.4, -0.2) is 19.0 Å². The Hall–Kier alpha value is -0.0800. The summed E-state index contributed by atoms with van der Waals surface area (Å²) in [5, 5.41) is 0. The molecule has 2 fully saturated rings. The number of hydrogen-bond acceptors (Lipinski definition) is 2. The van der Waals surface area contributed by atoms with E-state index in [2.05, 4.69) is 20.8 Å². The Labute approximate surface area is 163 Å². The van der Waals surface area contributed by atoms with Gasteiger partial charge < -0.3 is 9.47 Å². The van der Waals surface area contributed by atoms with Crippen LogP contribution in [0, 0.1) is 17.8 Å². The van der Waals surface area contributed by atoms with Gasteiger partial charge in [-0.05, 0) is 51.9 Å². The summed E-state index contributed by atoms with van der Waals surface area (Å²) in [4.78, 5) is 0. The summed E-state index contributed by atoms with van der Waals surface area (Å²) >= 11 is 0. The summed E-state index contributed by atoms with van der Waals surface area (Å²) in [6.07, 6.45) is 20.6. The van der Waals surface area contributed by atoms with Crippen molar-refractivity contribution >= 4 is 0 Å². The number of unbranched alkanes of at least 4 members (excludes halogenated alkanes) is 5. The average Bonchev–Trinajstić information content (AvgIpc) is 3.35. The molecule has 0 saturated heterocycles. The Morgan fingerprint density at radius 2 is 1.27 bits per heavy atom. The first-order chi connectivity index (χ1) is 12.8. The Balaban J connectivity index is 2.08. The smallest absolute Gasteiger partial charge is 0.174 e. The predicted molar refractivity (Wildman–Crippen MR) is 111 cm³/mol. The van der Waals surface area contributed by atoms with Crippen molar-refractivity contribution in [1.82, 2.24) is 0 Å². The van der Waals surface area contributed by atoms with E-state index in [1.54, 1.807) is 0 Å². The van der Waals surface area contributed by atoms with Crippen LogP contribution in [0.25, 0.3) is 0 Å². The topological polar surface area (TPSA) is 18.5 Å². The van der Waals surface area contributed by atoms with Gasteiger partial charge in [-0.3, -0.25) is 0 Å². The number of ether oxygens (including phenoxy) is 2. The predicted octanol–water partition coefficient (Wildman–Crippen LogP) is 7.50. The molecule has 26 heavy (non-hydrogen) atoms. The van der Waals surface area contributed by atoms with E-state index in [0.29, 0.717) is 11.8 Å². The van der Waals surface area contributed by atoms with Crippen molar-refractivity contribution in [3.8, 4) is 0 Å². The Kier molecular flexibility index (Phi) is 10.6. The minimum absolute atomic E-state index is 0.293. The largest absolute Gasteiger partial charge is 0.350 e. The molecule has 0 heterocycles. The van der Waals surface area contributed by atoms with Crippen LogP contribution in [0.4, 0.5) is 0 Å². The van der Waals surface area contributed by atoms with Gasteiger partial charge in [0.15, 0.2) is 5.79 Å². The highest BCUT2D eigenvalue weighted by molar-refractivity contribution is 4.94. The summed E-state index contributed by atoms with van der Waals surface area (Å²) in [5.74, 6) is 1.76. The fourth-order valence-corrected chi connectivity index (χ4v) is 5.84. The first-order valence-electron chi connectivity index (χ1n) is 12.1. The van der Waals surface area contributed by atoms with Crippen molar-refractivity contribution in [1.29, 1.82) is 0 Å². The second-order valence-corrected chi connectivity index (χ2v) is 8.78. The molecule has 0 aromatic rings. The van der Waals surface area contributed by atoms with Crippen molar-refractivity contribution < 1.29 is 9.47 Å². The zero-order chi connectivity index (χ0) is 18.7. The molecule has 2 rings (SSSR count). The van der Waals surface area contributed by atoms with Crippen LogP contribution in [0.15, 0.2) is 0 Å². The molecule has 0 N–H and O–H groups in total. The van der Waals surface area contributed by atoms with Gasteiger partial charge in [0.2, 0.25) is 0 Å². The molecule has 2 aliphatic rings. The van der Waals surface area contributed by atoms with Gasteiger partial charge in [0.1, 0.15) is 0 Å². The van der Waals surface area contributed by atoms with Crippen LogP contribution < -0.4 is 0 Å². The normalized spacial score (nSPS) is 20.9. The van der Waals surface area contributed by atoms with Gasteiger partial charge in [0.25, 0.3) is 0 Å². The maximum atomic E-state index is 6.60. The van der Waals surface area contributed by atoms with E-state index in [0.717, 1.165) is 19.1 Å². The van der Waals surface area contributed by atoms with Gasteiger partial charge in [-0.25, -0.2) is 0 Å². The van der Waals surface area contributed by atoms with Crippen LogP contribution in [0.5, 0.6) is 0 Å². The van der Waals surface area contributed by atoms with E-state index in [1.165, 1.54) is 96.3 Å². The highest BCUT2D eigenvalue weighted by atomic mass is 16.7. The highest BCUT2D eigenvalue weighted by Gasteiger charge is 2.50. The van der Waals surface area contributed by atoms with Gasteiger partial charge in [-0.1, -0.05) is 71.1 Å². The second-order valence-electron chi connectivity index (χ2n) is 8.78. The molecule has 0 radical (unpaired) electrons. The molecule has 2 aliphatic carbocycles. The quantitative estimate of drug-likeness (QED) is 0.234. The second kappa shape index (κ2) is 12.4. The first-order valence-corrected chi connectivity index (χ1v) is 12.1. The minimum atomic E-state index is -0.293. The SMILES string of the molecule is CCCCCCCCC(C1CCCC1)C(OCC)(OCC)C1CCCC1.